The van der Waals surface area contributed by atoms with E-state index in [0.29, 0.717) is 0 Å². The molecule has 3 heteroatoms. The van der Waals surface area contributed by atoms with Crippen molar-refractivity contribution in [3.63, 3.8) is 0 Å². The standard InChI is InChI=1S/C68H44N2O/c1-2-20-51(21-3-1)70-62-29-12-10-25-60(62)66-58(28-15-30-63(66)70)56-24-9-8-23-55(56)48-36-40-53(41-37-48)69(52-38-34-46(35-39-52)50-33-32-45-16-4-5-18-49(45)44-50)64-43-42-59(57-27-14-19-47-17-6-7-22-54(47)57)68-67(64)61-26-11-13-31-65(61)71-68/h1-44H. The minimum atomic E-state index is 0.858. The molecule has 0 aliphatic heterocycles. The lowest BCUT2D eigenvalue weighted by atomic mass is 9.91. The van der Waals surface area contributed by atoms with Crippen molar-refractivity contribution in [2.45, 2.75) is 0 Å². The van der Waals surface area contributed by atoms with E-state index in [1.54, 1.807) is 0 Å². The van der Waals surface area contributed by atoms with Gasteiger partial charge in [0.1, 0.15) is 11.2 Å². The zero-order valence-corrected chi connectivity index (χ0v) is 38.7. The van der Waals surface area contributed by atoms with Gasteiger partial charge in [0.15, 0.2) is 0 Å². The first-order chi connectivity index (χ1) is 35.2. The maximum absolute atomic E-state index is 6.95. The summed E-state index contributed by atoms with van der Waals surface area (Å²) < 4.78 is 9.34. The number of aromatic nitrogens is 1. The summed E-state index contributed by atoms with van der Waals surface area (Å²) in [5.41, 5.74) is 17.7. The van der Waals surface area contributed by atoms with Gasteiger partial charge in [-0.3, -0.25) is 0 Å². The Labute approximate surface area is 411 Å². The van der Waals surface area contributed by atoms with E-state index in [4.69, 9.17) is 4.42 Å². The van der Waals surface area contributed by atoms with Gasteiger partial charge in [0.05, 0.1) is 22.1 Å². The number of hydrogen-bond donors (Lipinski definition) is 0. The smallest absolute Gasteiger partial charge is 0.145 e. The summed E-state index contributed by atoms with van der Waals surface area (Å²) in [7, 11) is 0. The minimum Gasteiger partial charge on any atom is -0.455 e. The second kappa shape index (κ2) is 16.7. The summed E-state index contributed by atoms with van der Waals surface area (Å²) in [5.74, 6) is 0. The van der Waals surface area contributed by atoms with Gasteiger partial charge in [-0.05, 0) is 133 Å². The van der Waals surface area contributed by atoms with Crippen molar-refractivity contribution >= 4 is 82.4 Å². The van der Waals surface area contributed by atoms with Crippen molar-refractivity contribution in [3.05, 3.63) is 267 Å². The molecular formula is C68H44N2O. The van der Waals surface area contributed by atoms with E-state index in [9.17, 15) is 0 Å². The van der Waals surface area contributed by atoms with Crippen LogP contribution in [0.1, 0.15) is 0 Å². The molecule has 0 aliphatic rings. The summed E-state index contributed by atoms with van der Waals surface area (Å²) in [6.45, 7) is 0. The average Bonchev–Trinajstić information content (AvgIpc) is 4.01. The largest absolute Gasteiger partial charge is 0.455 e. The van der Waals surface area contributed by atoms with Crippen LogP contribution in [0.15, 0.2) is 271 Å². The Balaban J connectivity index is 0.938. The molecule has 3 nitrogen and oxygen atoms in total. The second-order valence-corrected chi connectivity index (χ2v) is 18.4. The van der Waals surface area contributed by atoms with Crippen molar-refractivity contribution in [1.82, 2.24) is 4.57 Å². The van der Waals surface area contributed by atoms with E-state index < -0.39 is 0 Å². The summed E-state index contributed by atoms with van der Waals surface area (Å²) in [6.07, 6.45) is 0. The van der Waals surface area contributed by atoms with Crippen LogP contribution in [-0.2, 0) is 0 Å². The number of nitrogens with zero attached hydrogens (tertiary/aromatic N) is 2. The number of para-hydroxylation sites is 3. The lowest BCUT2D eigenvalue weighted by molar-refractivity contribution is 0.670. The molecule has 332 valence electrons. The Morgan fingerprint density at radius 2 is 0.887 bits per heavy atom. The van der Waals surface area contributed by atoms with Crippen LogP contribution >= 0.6 is 0 Å². The lowest BCUT2D eigenvalue weighted by Crippen LogP contribution is -2.10. The van der Waals surface area contributed by atoms with E-state index in [0.717, 1.165) is 61.4 Å². The quantitative estimate of drug-likeness (QED) is 0.151. The zero-order valence-electron chi connectivity index (χ0n) is 38.7. The van der Waals surface area contributed by atoms with Crippen LogP contribution in [0, 0.1) is 0 Å². The molecule has 14 rings (SSSR count). The molecule has 0 N–H and O–H groups in total. The maximum atomic E-state index is 6.95. The highest BCUT2D eigenvalue weighted by atomic mass is 16.3. The van der Waals surface area contributed by atoms with Gasteiger partial charge in [0.25, 0.3) is 0 Å². The molecule has 0 saturated carbocycles. The van der Waals surface area contributed by atoms with Gasteiger partial charge in [-0.25, -0.2) is 0 Å². The predicted octanol–water partition coefficient (Wildman–Crippen LogP) is 19.1. The third kappa shape index (κ3) is 6.74. The summed E-state index contributed by atoms with van der Waals surface area (Å²) in [4.78, 5) is 2.40. The van der Waals surface area contributed by atoms with Gasteiger partial charge in [0.2, 0.25) is 0 Å². The van der Waals surface area contributed by atoms with Gasteiger partial charge < -0.3 is 13.9 Å². The monoisotopic (exact) mass is 904 g/mol. The van der Waals surface area contributed by atoms with Gasteiger partial charge in [-0.15, -0.1) is 0 Å². The van der Waals surface area contributed by atoms with Gasteiger partial charge in [-0.2, -0.15) is 0 Å². The Bertz CT molecular complexity index is 4330. The SMILES string of the molecule is c1ccc(-n2c3ccccc3c3c(-c4ccccc4-c4ccc(N(c5ccc(-c6ccc7ccccc7c6)cc5)c5ccc(-c6cccc7ccccc67)c6oc7ccccc7c56)cc4)cccc32)cc1. The first-order valence-electron chi connectivity index (χ1n) is 24.3. The molecule has 0 unspecified atom stereocenters. The van der Waals surface area contributed by atoms with Crippen LogP contribution < -0.4 is 4.90 Å². The molecule has 0 spiro atoms. The first-order valence-corrected chi connectivity index (χ1v) is 24.3. The minimum absolute atomic E-state index is 0.858. The van der Waals surface area contributed by atoms with Crippen molar-refractivity contribution in [2.75, 3.05) is 4.90 Å². The maximum Gasteiger partial charge on any atom is 0.145 e. The van der Waals surface area contributed by atoms with Gasteiger partial charge in [-0.1, -0.05) is 194 Å². The molecule has 0 fully saturated rings. The van der Waals surface area contributed by atoms with Crippen molar-refractivity contribution in [3.8, 4) is 50.2 Å². The molecule has 0 aliphatic carbocycles. The van der Waals surface area contributed by atoms with Crippen LogP contribution in [-0.4, -0.2) is 4.57 Å². The lowest BCUT2D eigenvalue weighted by Gasteiger charge is -2.27. The topological polar surface area (TPSA) is 21.3 Å². The first kappa shape index (κ1) is 40.6. The van der Waals surface area contributed by atoms with E-state index in [1.165, 1.54) is 71.2 Å². The number of fused-ring (bicyclic) bond motifs is 8. The van der Waals surface area contributed by atoms with Crippen molar-refractivity contribution in [2.24, 2.45) is 0 Å². The fourth-order valence-electron chi connectivity index (χ4n) is 11.1. The van der Waals surface area contributed by atoms with Crippen LogP contribution in [0.2, 0.25) is 0 Å². The Kier molecular flexibility index (Phi) is 9.53. The highest BCUT2D eigenvalue weighted by Gasteiger charge is 2.24. The van der Waals surface area contributed by atoms with Gasteiger partial charge in [0, 0.05) is 38.8 Å². The Hall–Kier alpha value is -9.44. The summed E-state index contributed by atoms with van der Waals surface area (Å²) in [5, 5.41) is 9.49. The predicted molar refractivity (Wildman–Crippen MR) is 299 cm³/mol. The molecule has 0 atom stereocenters. The molecular weight excluding hydrogens is 861 g/mol. The Morgan fingerprint density at radius 1 is 0.310 bits per heavy atom. The van der Waals surface area contributed by atoms with E-state index >= 15 is 0 Å². The second-order valence-electron chi connectivity index (χ2n) is 18.4. The van der Waals surface area contributed by atoms with Crippen LogP contribution in [0.4, 0.5) is 17.1 Å². The number of benzene rings is 12. The van der Waals surface area contributed by atoms with Crippen LogP contribution in [0.3, 0.4) is 0 Å². The fraction of sp³-hybridized carbons (Fsp3) is 0. The summed E-state index contributed by atoms with van der Waals surface area (Å²) >= 11 is 0. The number of furan rings is 1. The molecule has 0 bridgehead atoms. The van der Waals surface area contributed by atoms with E-state index in [2.05, 4.69) is 276 Å². The molecule has 2 heterocycles. The molecule has 0 amide bonds. The van der Waals surface area contributed by atoms with Crippen molar-refractivity contribution < 1.29 is 4.42 Å². The molecule has 2 aromatic heterocycles. The molecule has 71 heavy (non-hydrogen) atoms. The third-order valence-electron chi connectivity index (χ3n) is 14.4. The zero-order chi connectivity index (χ0) is 46.8. The molecule has 14 aromatic rings. The van der Waals surface area contributed by atoms with E-state index in [1.807, 2.05) is 0 Å². The molecule has 0 radical (unpaired) electrons. The average molecular weight is 905 g/mol. The number of rotatable bonds is 8. The third-order valence-corrected chi connectivity index (χ3v) is 14.4. The Morgan fingerprint density at radius 3 is 1.70 bits per heavy atom. The fourth-order valence-corrected chi connectivity index (χ4v) is 11.1. The van der Waals surface area contributed by atoms with Gasteiger partial charge >= 0.3 is 0 Å². The highest BCUT2D eigenvalue weighted by molar-refractivity contribution is 6.19. The van der Waals surface area contributed by atoms with E-state index in [-0.39, 0.29) is 0 Å². The highest BCUT2D eigenvalue weighted by Crippen LogP contribution is 2.48. The van der Waals surface area contributed by atoms with Crippen LogP contribution in [0.25, 0.3) is 115 Å². The van der Waals surface area contributed by atoms with Crippen LogP contribution in [0.5, 0.6) is 0 Å². The van der Waals surface area contributed by atoms with Crippen molar-refractivity contribution in [1.29, 1.82) is 0 Å². The normalized spacial score (nSPS) is 11.7. The number of hydrogen-bond acceptors (Lipinski definition) is 2. The molecule has 0 saturated heterocycles. The summed E-state index contributed by atoms with van der Waals surface area (Å²) in [6, 6.07) is 96.6. The number of anilines is 3. The molecule has 12 aromatic carbocycles.